The van der Waals surface area contributed by atoms with Crippen LogP contribution in [-0.2, 0) is 4.74 Å². The highest BCUT2D eigenvalue weighted by molar-refractivity contribution is 5.64. The van der Waals surface area contributed by atoms with E-state index in [1.807, 2.05) is 6.92 Å². The second kappa shape index (κ2) is 4.46. The Bertz CT molecular complexity index is 175. The molecule has 0 aromatic carbocycles. The highest BCUT2D eigenvalue weighted by atomic mass is 16.6. The molecule has 4 nitrogen and oxygen atoms in total. The van der Waals surface area contributed by atoms with Gasteiger partial charge in [0.05, 0.1) is 0 Å². The summed E-state index contributed by atoms with van der Waals surface area (Å²) in [6, 6.07) is 0. The maximum Gasteiger partial charge on any atom is 0.404 e. The van der Waals surface area contributed by atoms with E-state index in [4.69, 9.17) is 16.2 Å². The average molecular weight is 188 g/mol. The number of primary amides is 1. The van der Waals surface area contributed by atoms with E-state index in [2.05, 4.69) is 20.8 Å². The van der Waals surface area contributed by atoms with Crippen LogP contribution in [0.2, 0.25) is 0 Å². The summed E-state index contributed by atoms with van der Waals surface area (Å²) in [5.41, 5.74) is 10.5. The molecule has 0 spiro atoms. The van der Waals surface area contributed by atoms with Gasteiger partial charge in [0.1, 0.15) is 6.10 Å². The number of carbonyl (C=O) groups excluding carboxylic acids is 1. The molecule has 0 saturated heterocycles. The van der Waals surface area contributed by atoms with Crippen LogP contribution in [0.3, 0.4) is 0 Å². The van der Waals surface area contributed by atoms with Gasteiger partial charge in [0.15, 0.2) is 0 Å². The van der Waals surface area contributed by atoms with Gasteiger partial charge in [-0.05, 0) is 18.9 Å². The number of nitrogens with two attached hydrogens (primary N) is 2. The van der Waals surface area contributed by atoms with Crippen LogP contribution in [0.15, 0.2) is 0 Å². The molecular formula is C9H20N2O2. The molecule has 1 amide bonds. The Morgan fingerprint density at radius 2 is 1.92 bits per heavy atom. The van der Waals surface area contributed by atoms with Gasteiger partial charge in [-0.15, -0.1) is 0 Å². The predicted octanol–water partition coefficient (Wildman–Crippen LogP) is 1.09. The lowest BCUT2D eigenvalue weighted by Crippen LogP contribution is -2.39. The molecule has 0 aliphatic heterocycles. The van der Waals surface area contributed by atoms with Gasteiger partial charge in [0.25, 0.3) is 0 Å². The maximum absolute atomic E-state index is 10.5. The van der Waals surface area contributed by atoms with Gasteiger partial charge < -0.3 is 16.2 Å². The van der Waals surface area contributed by atoms with E-state index in [1.165, 1.54) is 0 Å². The normalized spacial score (nSPS) is 16.4. The van der Waals surface area contributed by atoms with Crippen LogP contribution in [0.5, 0.6) is 0 Å². The third-order valence-corrected chi connectivity index (χ3v) is 2.23. The van der Waals surface area contributed by atoms with E-state index in [-0.39, 0.29) is 17.4 Å². The van der Waals surface area contributed by atoms with Gasteiger partial charge in [-0.2, -0.15) is 0 Å². The minimum Gasteiger partial charge on any atom is -0.446 e. The Labute approximate surface area is 79.6 Å². The quantitative estimate of drug-likeness (QED) is 0.696. The Balaban J connectivity index is 4.32. The largest absolute Gasteiger partial charge is 0.446 e. The Hall–Kier alpha value is -0.770. The van der Waals surface area contributed by atoms with Crippen molar-refractivity contribution in [3.63, 3.8) is 0 Å². The predicted molar refractivity (Wildman–Crippen MR) is 52.1 cm³/mol. The summed E-state index contributed by atoms with van der Waals surface area (Å²) in [7, 11) is 0. The average Bonchev–Trinajstić information content (AvgIpc) is 1.82. The van der Waals surface area contributed by atoms with Crippen molar-refractivity contribution in [1.29, 1.82) is 0 Å². The molecule has 0 aliphatic carbocycles. The van der Waals surface area contributed by atoms with Crippen molar-refractivity contribution < 1.29 is 9.53 Å². The molecule has 4 heteroatoms. The molecule has 2 unspecified atom stereocenters. The molecule has 0 radical (unpaired) electrons. The summed E-state index contributed by atoms with van der Waals surface area (Å²) in [6.45, 7) is 8.48. The van der Waals surface area contributed by atoms with Crippen molar-refractivity contribution in [3.05, 3.63) is 0 Å². The van der Waals surface area contributed by atoms with Crippen molar-refractivity contribution in [1.82, 2.24) is 0 Å². The topological polar surface area (TPSA) is 78.3 Å². The number of amides is 1. The van der Waals surface area contributed by atoms with Gasteiger partial charge in [-0.25, -0.2) is 4.79 Å². The summed E-state index contributed by atoms with van der Waals surface area (Å²) in [6.07, 6.45) is -0.974. The molecule has 13 heavy (non-hydrogen) atoms. The first-order chi connectivity index (χ1) is 5.79. The second-order valence-electron chi connectivity index (χ2n) is 4.35. The monoisotopic (exact) mass is 188 g/mol. The molecule has 0 saturated carbocycles. The number of carbonyl (C=O) groups is 1. The van der Waals surface area contributed by atoms with Crippen molar-refractivity contribution in [2.45, 2.75) is 33.8 Å². The van der Waals surface area contributed by atoms with E-state index < -0.39 is 6.09 Å². The van der Waals surface area contributed by atoms with E-state index in [9.17, 15) is 4.79 Å². The highest BCUT2D eigenvalue weighted by Crippen LogP contribution is 2.29. The van der Waals surface area contributed by atoms with E-state index in [0.29, 0.717) is 6.54 Å². The Kier molecular flexibility index (Phi) is 4.20. The lowest BCUT2D eigenvalue weighted by molar-refractivity contribution is 0.0399. The standard InChI is InChI=1S/C9H20N2O2/c1-6(13-8(11)12)7(5-10)9(2,3)4/h6-7H,5,10H2,1-4H3,(H2,11,12). The second-order valence-corrected chi connectivity index (χ2v) is 4.35. The molecule has 0 aromatic heterocycles. The fourth-order valence-corrected chi connectivity index (χ4v) is 1.51. The van der Waals surface area contributed by atoms with Gasteiger partial charge in [-0.1, -0.05) is 20.8 Å². The van der Waals surface area contributed by atoms with Crippen LogP contribution in [-0.4, -0.2) is 18.7 Å². The highest BCUT2D eigenvalue weighted by Gasteiger charge is 2.30. The number of rotatable bonds is 3. The van der Waals surface area contributed by atoms with Crippen molar-refractivity contribution in [2.75, 3.05) is 6.54 Å². The zero-order valence-corrected chi connectivity index (χ0v) is 8.83. The van der Waals surface area contributed by atoms with Gasteiger partial charge >= 0.3 is 6.09 Å². The Morgan fingerprint density at radius 3 is 2.15 bits per heavy atom. The summed E-state index contributed by atoms with van der Waals surface area (Å²) in [4.78, 5) is 10.5. The fraction of sp³-hybridized carbons (Fsp3) is 0.889. The summed E-state index contributed by atoms with van der Waals surface area (Å²) in [5.74, 6) is 0.125. The smallest absolute Gasteiger partial charge is 0.404 e. The molecule has 78 valence electrons. The molecule has 0 aromatic rings. The first-order valence-electron chi connectivity index (χ1n) is 4.45. The summed E-state index contributed by atoms with van der Waals surface area (Å²) >= 11 is 0. The molecule has 0 aliphatic rings. The first kappa shape index (κ1) is 12.2. The van der Waals surface area contributed by atoms with Crippen LogP contribution >= 0.6 is 0 Å². The molecule has 0 heterocycles. The van der Waals surface area contributed by atoms with E-state index >= 15 is 0 Å². The fourth-order valence-electron chi connectivity index (χ4n) is 1.51. The summed E-state index contributed by atoms with van der Waals surface area (Å²) in [5, 5.41) is 0. The third-order valence-electron chi connectivity index (χ3n) is 2.23. The SMILES string of the molecule is CC(OC(N)=O)C(CN)C(C)(C)C. The van der Waals surface area contributed by atoms with Crippen LogP contribution < -0.4 is 11.5 Å². The van der Waals surface area contributed by atoms with Crippen LogP contribution in [0, 0.1) is 11.3 Å². The van der Waals surface area contributed by atoms with E-state index in [0.717, 1.165) is 0 Å². The number of ether oxygens (including phenoxy) is 1. The minimum absolute atomic E-state index is 0.0175. The lowest BCUT2D eigenvalue weighted by Gasteiger charge is -2.33. The van der Waals surface area contributed by atoms with Crippen molar-refractivity contribution in [2.24, 2.45) is 22.8 Å². The summed E-state index contributed by atoms with van der Waals surface area (Å²) < 4.78 is 4.89. The number of hydrogen-bond donors (Lipinski definition) is 2. The molecular weight excluding hydrogens is 168 g/mol. The van der Waals surface area contributed by atoms with Gasteiger partial charge in [-0.3, -0.25) is 0 Å². The van der Waals surface area contributed by atoms with Crippen LogP contribution in [0.1, 0.15) is 27.7 Å². The molecule has 0 bridgehead atoms. The van der Waals surface area contributed by atoms with Gasteiger partial charge in [0, 0.05) is 5.92 Å². The molecule has 2 atom stereocenters. The van der Waals surface area contributed by atoms with Crippen molar-refractivity contribution >= 4 is 6.09 Å². The van der Waals surface area contributed by atoms with E-state index in [1.54, 1.807) is 0 Å². The zero-order chi connectivity index (χ0) is 10.6. The maximum atomic E-state index is 10.5. The zero-order valence-electron chi connectivity index (χ0n) is 8.83. The van der Waals surface area contributed by atoms with Gasteiger partial charge in [0.2, 0.25) is 0 Å². The Morgan fingerprint density at radius 1 is 1.46 bits per heavy atom. The van der Waals surface area contributed by atoms with Crippen LogP contribution in [0.4, 0.5) is 4.79 Å². The minimum atomic E-state index is -0.741. The first-order valence-corrected chi connectivity index (χ1v) is 4.45. The molecule has 4 N–H and O–H groups in total. The van der Waals surface area contributed by atoms with Crippen LogP contribution in [0.25, 0.3) is 0 Å². The lowest BCUT2D eigenvalue weighted by atomic mass is 9.78. The molecule has 0 fully saturated rings. The van der Waals surface area contributed by atoms with Crippen molar-refractivity contribution in [3.8, 4) is 0 Å². The molecule has 0 rings (SSSR count). The third kappa shape index (κ3) is 4.12. The number of hydrogen-bond acceptors (Lipinski definition) is 3.